The summed E-state index contributed by atoms with van der Waals surface area (Å²) in [6, 6.07) is 14.0. The summed E-state index contributed by atoms with van der Waals surface area (Å²) in [5.74, 6) is -0.0839. The number of nitrogens with zero attached hydrogens (tertiary/aromatic N) is 2. The van der Waals surface area contributed by atoms with Gasteiger partial charge in [-0.3, -0.25) is 4.79 Å². The molecule has 0 spiro atoms. The zero-order valence-electron chi connectivity index (χ0n) is 16.6. The number of benzene rings is 2. The lowest BCUT2D eigenvalue weighted by Crippen LogP contribution is -3.15. The zero-order valence-corrected chi connectivity index (χ0v) is 18.1. The summed E-state index contributed by atoms with van der Waals surface area (Å²) in [5, 5.41) is 3.57. The smallest absolute Gasteiger partial charge is 0.279 e. The van der Waals surface area contributed by atoms with Crippen molar-refractivity contribution in [2.45, 2.75) is 4.90 Å². The number of amides is 1. The standard InChI is InChI=1S/C20H25ClN4O3S/c1-23(2)29(27,28)19-8-6-17(7-9-19)22-20(26)15-24-10-12-25(13-11-24)18-5-3-4-16(21)14-18/h3-9,14H,10-13,15H2,1-2H3,(H,22,26)/p+1. The van der Waals surface area contributed by atoms with E-state index in [1.165, 1.54) is 31.1 Å². The molecular formula is C20H26ClN4O3S+. The van der Waals surface area contributed by atoms with E-state index >= 15 is 0 Å². The van der Waals surface area contributed by atoms with Crippen molar-refractivity contribution >= 4 is 38.9 Å². The minimum Gasteiger partial charge on any atom is -0.360 e. The molecule has 0 aliphatic carbocycles. The Morgan fingerprint density at radius 3 is 2.38 bits per heavy atom. The summed E-state index contributed by atoms with van der Waals surface area (Å²) in [4.78, 5) is 16.1. The molecule has 156 valence electrons. The molecule has 2 aromatic carbocycles. The van der Waals surface area contributed by atoms with Crippen molar-refractivity contribution < 1.29 is 18.1 Å². The highest BCUT2D eigenvalue weighted by atomic mass is 35.5. The summed E-state index contributed by atoms with van der Waals surface area (Å²) >= 11 is 6.07. The lowest BCUT2D eigenvalue weighted by atomic mass is 10.2. The van der Waals surface area contributed by atoms with Crippen LogP contribution >= 0.6 is 11.6 Å². The molecule has 1 aliphatic rings. The van der Waals surface area contributed by atoms with Crippen LogP contribution in [-0.2, 0) is 14.8 Å². The first-order chi connectivity index (χ1) is 13.8. The number of carbonyl (C=O) groups excluding carboxylic acids is 1. The Morgan fingerprint density at radius 1 is 1.14 bits per heavy atom. The summed E-state index contributed by atoms with van der Waals surface area (Å²) in [6.07, 6.45) is 0. The van der Waals surface area contributed by atoms with Crippen molar-refractivity contribution in [1.82, 2.24) is 4.31 Å². The molecule has 1 saturated heterocycles. The largest absolute Gasteiger partial charge is 0.360 e. The van der Waals surface area contributed by atoms with Crippen LogP contribution < -0.4 is 15.1 Å². The second-order valence-corrected chi connectivity index (χ2v) is 9.84. The van der Waals surface area contributed by atoms with Gasteiger partial charge in [0, 0.05) is 30.5 Å². The third kappa shape index (κ3) is 5.48. The molecule has 0 bridgehead atoms. The Kier molecular flexibility index (Phi) is 6.79. The van der Waals surface area contributed by atoms with Crippen LogP contribution in [0.5, 0.6) is 0 Å². The van der Waals surface area contributed by atoms with E-state index in [1.54, 1.807) is 12.1 Å². The zero-order chi connectivity index (χ0) is 21.0. The molecule has 0 saturated carbocycles. The molecule has 3 rings (SSSR count). The minimum atomic E-state index is -3.47. The summed E-state index contributed by atoms with van der Waals surface area (Å²) in [6.45, 7) is 3.82. The Morgan fingerprint density at radius 2 is 1.79 bits per heavy atom. The van der Waals surface area contributed by atoms with E-state index in [9.17, 15) is 13.2 Å². The molecule has 9 heteroatoms. The first-order valence-corrected chi connectivity index (χ1v) is 11.2. The Bertz CT molecular complexity index is 956. The topological polar surface area (TPSA) is 74.2 Å². The molecule has 1 heterocycles. The average molecular weight is 438 g/mol. The number of halogens is 1. The second kappa shape index (κ2) is 9.13. The van der Waals surface area contributed by atoms with E-state index in [4.69, 9.17) is 11.6 Å². The van der Waals surface area contributed by atoms with E-state index in [2.05, 4.69) is 10.2 Å². The molecule has 0 radical (unpaired) electrons. The molecule has 1 aliphatic heterocycles. The van der Waals surface area contributed by atoms with E-state index in [-0.39, 0.29) is 10.8 Å². The van der Waals surface area contributed by atoms with Crippen molar-refractivity contribution in [2.24, 2.45) is 0 Å². The number of sulfonamides is 1. The third-order valence-corrected chi connectivity index (χ3v) is 7.04. The van der Waals surface area contributed by atoms with Crippen LogP contribution in [0.15, 0.2) is 53.4 Å². The first-order valence-electron chi connectivity index (χ1n) is 9.42. The van der Waals surface area contributed by atoms with Gasteiger partial charge in [-0.25, -0.2) is 12.7 Å². The van der Waals surface area contributed by atoms with Crippen LogP contribution in [0.4, 0.5) is 11.4 Å². The van der Waals surface area contributed by atoms with Crippen molar-refractivity contribution in [2.75, 3.05) is 57.0 Å². The van der Waals surface area contributed by atoms with Crippen molar-refractivity contribution in [1.29, 1.82) is 0 Å². The Balaban J connectivity index is 1.50. The van der Waals surface area contributed by atoms with Crippen LogP contribution in [0, 0.1) is 0 Å². The number of hydrogen-bond donors (Lipinski definition) is 2. The normalized spacial score (nSPS) is 15.5. The van der Waals surface area contributed by atoms with Gasteiger partial charge < -0.3 is 15.1 Å². The number of hydrogen-bond acceptors (Lipinski definition) is 4. The maximum absolute atomic E-state index is 12.4. The van der Waals surface area contributed by atoms with Gasteiger partial charge in [-0.2, -0.15) is 0 Å². The van der Waals surface area contributed by atoms with Gasteiger partial charge >= 0.3 is 0 Å². The fourth-order valence-electron chi connectivity index (χ4n) is 3.28. The SMILES string of the molecule is CN(C)S(=O)(=O)c1ccc(NC(=O)C[NH+]2CCN(c3cccc(Cl)c3)CC2)cc1. The number of rotatable bonds is 6. The molecule has 1 amide bonds. The average Bonchev–Trinajstić information content (AvgIpc) is 2.69. The number of carbonyl (C=O) groups is 1. The summed E-state index contributed by atoms with van der Waals surface area (Å²) < 4.78 is 25.4. The van der Waals surface area contributed by atoms with Crippen LogP contribution in [0.2, 0.25) is 5.02 Å². The molecule has 2 N–H and O–H groups in total. The fraction of sp³-hybridized carbons (Fsp3) is 0.350. The highest BCUT2D eigenvalue weighted by Gasteiger charge is 2.23. The van der Waals surface area contributed by atoms with Gasteiger partial charge in [0.05, 0.1) is 31.1 Å². The van der Waals surface area contributed by atoms with E-state index in [0.717, 1.165) is 41.2 Å². The Hall–Kier alpha value is -2.13. The quantitative estimate of drug-likeness (QED) is 0.705. The molecule has 0 unspecified atom stereocenters. The number of anilines is 2. The maximum Gasteiger partial charge on any atom is 0.279 e. The van der Waals surface area contributed by atoms with Crippen LogP contribution in [-0.4, -0.2) is 65.4 Å². The van der Waals surface area contributed by atoms with Crippen molar-refractivity contribution in [3.63, 3.8) is 0 Å². The maximum atomic E-state index is 12.4. The first kappa shape index (κ1) is 21.6. The molecule has 2 aromatic rings. The third-order valence-electron chi connectivity index (χ3n) is 4.97. The fourth-order valence-corrected chi connectivity index (χ4v) is 4.37. The molecule has 0 atom stereocenters. The molecule has 0 aromatic heterocycles. The van der Waals surface area contributed by atoms with Gasteiger partial charge in [-0.05, 0) is 42.5 Å². The van der Waals surface area contributed by atoms with E-state index in [1.807, 2.05) is 24.3 Å². The monoisotopic (exact) mass is 437 g/mol. The predicted octanol–water partition coefficient (Wildman–Crippen LogP) is 0.934. The summed E-state index contributed by atoms with van der Waals surface area (Å²) in [7, 11) is -0.500. The highest BCUT2D eigenvalue weighted by Crippen LogP contribution is 2.19. The van der Waals surface area contributed by atoms with Gasteiger partial charge in [0.2, 0.25) is 10.0 Å². The van der Waals surface area contributed by atoms with Gasteiger partial charge in [0.25, 0.3) is 5.91 Å². The highest BCUT2D eigenvalue weighted by molar-refractivity contribution is 7.89. The van der Waals surface area contributed by atoms with Gasteiger partial charge in [0.1, 0.15) is 0 Å². The van der Waals surface area contributed by atoms with Gasteiger partial charge in [0.15, 0.2) is 6.54 Å². The summed E-state index contributed by atoms with van der Waals surface area (Å²) in [5.41, 5.74) is 1.69. The van der Waals surface area contributed by atoms with Crippen LogP contribution in [0.3, 0.4) is 0 Å². The van der Waals surface area contributed by atoms with Crippen LogP contribution in [0.1, 0.15) is 0 Å². The Labute approximate surface area is 176 Å². The molecule has 1 fully saturated rings. The lowest BCUT2D eigenvalue weighted by Gasteiger charge is -2.33. The van der Waals surface area contributed by atoms with E-state index < -0.39 is 10.0 Å². The van der Waals surface area contributed by atoms with Crippen molar-refractivity contribution in [3.8, 4) is 0 Å². The van der Waals surface area contributed by atoms with E-state index in [0.29, 0.717) is 12.2 Å². The number of nitrogens with one attached hydrogen (secondary N) is 2. The van der Waals surface area contributed by atoms with Crippen molar-refractivity contribution in [3.05, 3.63) is 53.6 Å². The molecule has 29 heavy (non-hydrogen) atoms. The van der Waals surface area contributed by atoms with Crippen LogP contribution in [0.25, 0.3) is 0 Å². The lowest BCUT2D eigenvalue weighted by molar-refractivity contribution is -0.892. The number of piperazine rings is 1. The predicted molar refractivity (Wildman–Crippen MR) is 115 cm³/mol. The minimum absolute atomic E-state index is 0.0839. The molecular weight excluding hydrogens is 412 g/mol. The number of quaternary nitrogens is 1. The molecule has 7 nitrogen and oxygen atoms in total. The van der Waals surface area contributed by atoms with Gasteiger partial charge in [-0.1, -0.05) is 17.7 Å². The second-order valence-electron chi connectivity index (χ2n) is 7.25. The van der Waals surface area contributed by atoms with Gasteiger partial charge in [-0.15, -0.1) is 0 Å².